The fourth-order valence-corrected chi connectivity index (χ4v) is 2.41. The van der Waals surface area contributed by atoms with Gasteiger partial charge in [0, 0.05) is 0 Å². The molecule has 0 saturated heterocycles. The standard InChI is InChI=1S/C14H10BrF3O3/c15-12-9-4-2-1-3-8(9)5-6-11(12)21-7-10(13(19)20)14(16,17)18/h1-6,10H,7H2,(H,19,20). The Morgan fingerprint density at radius 3 is 2.52 bits per heavy atom. The zero-order valence-electron chi connectivity index (χ0n) is 10.5. The van der Waals surface area contributed by atoms with Gasteiger partial charge in [0.15, 0.2) is 5.92 Å². The normalized spacial score (nSPS) is 13.1. The van der Waals surface area contributed by atoms with E-state index in [-0.39, 0.29) is 5.75 Å². The second kappa shape index (κ2) is 5.93. The number of aliphatic carboxylic acids is 1. The summed E-state index contributed by atoms with van der Waals surface area (Å²) in [5.74, 6) is -4.35. The molecule has 0 aliphatic carbocycles. The van der Waals surface area contributed by atoms with Crippen molar-refractivity contribution in [2.45, 2.75) is 6.18 Å². The van der Waals surface area contributed by atoms with E-state index in [1.165, 1.54) is 6.07 Å². The monoisotopic (exact) mass is 362 g/mol. The van der Waals surface area contributed by atoms with Gasteiger partial charge in [-0.3, -0.25) is 4.79 Å². The van der Waals surface area contributed by atoms with Crippen molar-refractivity contribution in [3.05, 3.63) is 40.9 Å². The second-order valence-electron chi connectivity index (χ2n) is 4.34. The molecule has 1 unspecified atom stereocenters. The number of carbonyl (C=O) groups is 1. The van der Waals surface area contributed by atoms with Gasteiger partial charge in [-0.15, -0.1) is 0 Å². The number of fused-ring (bicyclic) bond motifs is 1. The minimum Gasteiger partial charge on any atom is -0.491 e. The molecule has 112 valence electrons. The van der Waals surface area contributed by atoms with Crippen LogP contribution in [0.25, 0.3) is 10.8 Å². The summed E-state index contributed by atoms with van der Waals surface area (Å²) in [4.78, 5) is 10.7. The maximum absolute atomic E-state index is 12.6. The van der Waals surface area contributed by atoms with Gasteiger partial charge in [0.25, 0.3) is 0 Å². The van der Waals surface area contributed by atoms with E-state index in [0.29, 0.717) is 4.47 Å². The van der Waals surface area contributed by atoms with E-state index in [2.05, 4.69) is 15.9 Å². The van der Waals surface area contributed by atoms with E-state index in [1.807, 2.05) is 12.1 Å². The number of rotatable bonds is 4. The molecule has 0 amide bonds. The van der Waals surface area contributed by atoms with Gasteiger partial charge in [0.1, 0.15) is 12.4 Å². The summed E-state index contributed by atoms with van der Waals surface area (Å²) < 4.78 is 43.2. The Labute approximate surface area is 126 Å². The molecule has 21 heavy (non-hydrogen) atoms. The Morgan fingerprint density at radius 2 is 1.90 bits per heavy atom. The molecule has 0 radical (unpaired) electrons. The molecule has 0 saturated carbocycles. The van der Waals surface area contributed by atoms with Crippen molar-refractivity contribution in [1.29, 1.82) is 0 Å². The molecule has 0 aromatic heterocycles. The lowest BCUT2D eigenvalue weighted by Crippen LogP contribution is -2.35. The van der Waals surface area contributed by atoms with Gasteiger partial charge < -0.3 is 9.84 Å². The Balaban J connectivity index is 2.24. The van der Waals surface area contributed by atoms with E-state index in [0.717, 1.165) is 10.8 Å². The molecular weight excluding hydrogens is 353 g/mol. The first kappa shape index (κ1) is 15.6. The third-order valence-electron chi connectivity index (χ3n) is 2.93. The number of carboxylic acids is 1. The third kappa shape index (κ3) is 3.47. The summed E-state index contributed by atoms with van der Waals surface area (Å²) in [5.41, 5.74) is 0. The van der Waals surface area contributed by atoms with E-state index in [4.69, 9.17) is 9.84 Å². The zero-order chi connectivity index (χ0) is 15.6. The first-order valence-electron chi connectivity index (χ1n) is 5.90. The topological polar surface area (TPSA) is 46.5 Å². The minimum absolute atomic E-state index is 0.171. The molecule has 0 aliphatic rings. The van der Waals surface area contributed by atoms with E-state index >= 15 is 0 Å². The molecule has 0 spiro atoms. The number of benzene rings is 2. The minimum atomic E-state index is -4.85. The molecule has 2 rings (SSSR count). The summed E-state index contributed by atoms with van der Waals surface area (Å²) in [5, 5.41) is 10.3. The van der Waals surface area contributed by atoms with Crippen LogP contribution in [0.15, 0.2) is 40.9 Å². The molecule has 0 aliphatic heterocycles. The Bertz CT molecular complexity index is 670. The number of hydrogen-bond acceptors (Lipinski definition) is 2. The molecule has 0 heterocycles. The highest BCUT2D eigenvalue weighted by molar-refractivity contribution is 9.10. The highest BCUT2D eigenvalue weighted by Crippen LogP contribution is 2.34. The van der Waals surface area contributed by atoms with Crippen molar-refractivity contribution in [2.75, 3.05) is 6.61 Å². The van der Waals surface area contributed by atoms with Crippen LogP contribution >= 0.6 is 15.9 Å². The molecular formula is C14H10BrF3O3. The summed E-state index contributed by atoms with van der Waals surface area (Å²) in [6.07, 6.45) is -4.85. The lowest BCUT2D eigenvalue weighted by Gasteiger charge is -2.17. The number of carboxylic acid groups (broad SMARTS) is 1. The Kier molecular flexibility index (Phi) is 4.41. The van der Waals surface area contributed by atoms with Crippen molar-refractivity contribution in [1.82, 2.24) is 0 Å². The van der Waals surface area contributed by atoms with Crippen LogP contribution in [0.5, 0.6) is 5.75 Å². The summed E-state index contributed by atoms with van der Waals surface area (Å²) >= 11 is 3.27. The molecule has 7 heteroatoms. The molecule has 0 bridgehead atoms. The molecule has 2 aromatic rings. The molecule has 0 fully saturated rings. The third-order valence-corrected chi connectivity index (χ3v) is 3.74. The van der Waals surface area contributed by atoms with Crippen molar-refractivity contribution in [3.63, 3.8) is 0 Å². The van der Waals surface area contributed by atoms with E-state index in [1.54, 1.807) is 18.2 Å². The van der Waals surface area contributed by atoms with Crippen LogP contribution < -0.4 is 4.74 Å². The summed E-state index contributed by atoms with van der Waals surface area (Å²) in [6, 6.07) is 10.4. The molecule has 3 nitrogen and oxygen atoms in total. The van der Waals surface area contributed by atoms with Crippen LogP contribution in [0.3, 0.4) is 0 Å². The molecule has 1 atom stereocenters. The predicted molar refractivity (Wildman–Crippen MR) is 74.3 cm³/mol. The van der Waals surface area contributed by atoms with Gasteiger partial charge in [0.2, 0.25) is 0 Å². The van der Waals surface area contributed by atoms with Crippen molar-refractivity contribution in [3.8, 4) is 5.75 Å². The Hall–Kier alpha value is -1.76. The quantitative estimate of drug-likeness (QED) is 0.884. The highest BCUT2D eigenvalue weighted by Gasteiger charge is 2.45. The van der Waals surface area contributed by atoms with Crippen molar-refractivity contribution in [2.24, 2.45) is 5.92 Å². The lowest BCUT2D eigenvalue weighted by molar-refractivity contribution is -0.198. The van der Waals surface area contributed by atoms with E-state index in [9.17, 15) is 18.0 Å². The number of alkyl halides is 3. The molecule has 2 aromatic carbocycles. The van der Waals surface area contributed by atoms with Crippen LogP contribution in [0, 0.1) is 5.92 Å². The van der Waals surface area contributed by atoms with Gasteiger partial charge in [0.05, 0.1) is 4.47 Å². The molecule has 1 N–H and O–H groups in total. The predicted octanol–water partition coefficient (Wildman–Crippen LogP) is 4.24. The van der Waals surface area contributed by atoms with Crippen LogP contribution in [0.2, 0.25) is 0 Å². The highest BCUT2D eigenvalue weighted by atomic mass is 79.9. The first-order chi connectivity index (χ1) is 9.80. The van der Waals surface area contributed by atoms with Crippen LogP contribution in [-0.2, 0) is 4.79 Å². The number of halogens is 4. The summed E-state index contributed by atoms with van der Waals surface area (Å²) in [7, 11) is 0. The number of ether oxygens (including phenoxy) is 1. The maximum atomic E-state index is 12.6. The van der Waals surface area contributed by atoms with Crippen LogP contribution in [0.1, 0.15) is 0 Å². The van der Waals surface area contributed by atoms with Gasteiger partial charge >= 0.3 is 12.1 Å². The smallest absolute Gasteiger partial charge is 0.405 e. The van der Waals surface area contributed by atoms with E-state index < -0.39 is 24.7 Å². The first-order valence-corrected chi connectivity index (χ1v) is 6.69. The van der Waals surface area contributed by atoms with Gasteiger partial charge in [-0.25, -0.2) is 0 Å². The fraction of sp³-hybridized carbons (Fsp3) is 0.214. The fourth-order valence-electron chi connectivity index (χ4n) is 1.80. The van der Waals surface area contributed by atoms with Crippen LogP contribution in [0.4, 0.5) is 13.2 Å². The van der Waals surface area contributed by atoms with Crippen LogP contribution in [-0.4, -0.2) is 23.9 Å². The van der Waals surface area contributed by atoms with Gasteiger partial charge in [-0.1, -0.05) is 30.3 Å². The largest absolute Gasteiger partial charge is 0.491 e. The van der Waals surface area contributed by atoms with Crippen molar-refractivity contribution >= 4 is 32.7 Å². The average Bonchev–Trinajstić information content (AvgIpc) is 2.40. The Morgan fingerprint density at radius 1 is 1.24 bits per heavy atom. The maximum Gasteiger partial charge on any atom is 0.405 e. The van der Waals surface area contributed by atoms with Gasteiger partial charge in [-0.2, -0.15) is 13.2 Å². The second-order valence-corrected chi connectivity index (χ2v) is 5.14. The van der Waals surface area contributed by atoms with Gasteiger partial charge in [-0.05, 0) is 32.8 Å². The zero-order valence-corrected chi connectivity index (χ0v) is 12.1. The average molecular weight is 363 g/mol. The SMILES string of the molecule is O=C(O)C(COc1ccc2ccccc2c1Br)C(F)(F)F. The summed E-state index contributed by atoms with van der Waals surface area (Å²) in [6.45, 7) is -0.976. The van der Waals surface area contributed by atoms with Crippen molar-refractivity contribution < 1.29 is 27.8 Å². The number of hydrogen-bond donors (Lipinski definition) is 1. The lowest BCUT2D eigenvalue weighted by atomic mass is 10.1.